The summed E-state index contributed by atoms with van der Waals surface area (Å²) in [6.07, 6.45) is 1.43. The van der Waals surface area contributed by atoms with Gasteiger partial charge in [0.15, 0.2) is 0 Å². The number of nitrogens with one attached hydrogen (secondary N) is 1. The summed E-state index contributed by atoms with van der Waals surface area (Å²) in [5.41, 5.74) is 1.52. The van der Waals surface area contributed by atoms with Gasteiger partial charge in [0, 0.05) is 24.3 Å². The molecule has 136 valence electrons. The first kappa shape index (κ1) is 16.9. The Labute approximate surface area is 154 Å². The molecule has 0 radical (unpaired) electrons. The Hall–Kier alpha value is -3.55. The summed E-state index contributed by atoms with van der Waals surface area (Å²) in [5.74, 6) is -0.271. The Kier molecular flexibility index (Phi) is 4.37. The van der Waals surface area contributed by atoms with Crippen molar-refractivity contribution in [3.05, 3.63) is 58.9 Å². The zero-order chi connectivity index (χ0) is 18.8. The fourth-order valence-electron chi connectivity index (χ4n) is 3.11. The van der Waals surface area contributed by atoms with Gasteiger partial charge in [-0.1, -0.05) is 17.3 Å². The van der Waals surface area contributed by atoms with Crippen molar-refractivity contribution in [1.29, 1.82) is 0 Å². The first-order valence-corrected chi connectivity index (χ1v) is 8.65. The van der Waals surface area contributed by atoms with E-state index in [1.807, 2.05) is 0 Å². The smallest absolute Gasteiger partial charge is 0.278 e. The van der Waals surface area contributed by atoms with Gasteiger partial charge >= 0.3 is 0 Å². The average molecular weight is 363 g/mol. The van der Waals surface area contributed by atoms with E-state index >= 15 is 0 Å². The Morgan fingerprint density at radius 1 is 1.07 bits per heavy atom. The van der Waals surface area contributed by atoms with Gasteiger partial charge in [-0.15, -0.1) is 5.10 Å². The Balaban J connectivity index is 1.46. The lowest BCUT2D eigenvalue weighted by Gasteiger charge is -2.16. The van der Waals surface area contributed by atoms with E-state index < -0.39 is 0 Å². The van der Waals surface area contributed by atoms with E-state index in [1.54, 1.807) is 53.4 Å². The van der Waals surface area contributed by atoms with Crippen molar-refractivity contribution in [2.75, 3.05) is 16.8 Å². The topological polar surface area (TPSA) is 97.2 Å². The number of hydrogen-bond acceptors (Lipinski definition) is 5. The molecule has 2 amide bonds. The summed E-state index contributed by atoms with van der Waals surface area (Å²) < 4.78 is 1.04. The lowest BCUT2D eigenvalue weighted by Crippen LogP contribution is -2.30. The van der Waals surface area contributed by atoms with E-state index in [0.29, 0.717) is 29.6 Å². The predicted molar refractivity (Wildman–Crippen MR) is 100 cm³/mol. The van der Waals surface area contributed by atoms with Crippen LogP contribution in [-0.4, -0.2) is 33.4 Å². The maximum atomic E-state index is 12.4. The molecule has 3 aromatic rings. The lowest BCUT2D eigenvalue weighted by atomic mass is 10.2. The Morgan fingerprint density at radius 2 is 1.85 bits per heavy atom. The van der Waals surface area contributed by atoms with Gasteiger partial charge in [-0.2, -0.15) is 0 Å². The van der Waals surface area contributed by atoms with E-state index in [0.717, 1.165) is 16.8 Å². The number of nitrogens with zero attached hydrogens (tertiary/aromatic N) is 4. The van der Waals surface area contributed by atoms with Crippen LogP contribution in [0.5, 0.6) is 0 Å². The molecule has 1 saturated heterocycles. The second-order valence-electron chi connectivity index (χ2n) is 6.31. The van der Waals surface area contributed by atoms with E-state index in [2.05, 4.69) is 15.6 Å². The largest absolute Gasteiger partial charge is 0.324 e. The molecule has 8 heteroatoms. The van der Waals surface area contributed by atoms with Gasteiger partial charge in [-0.3, -0.25) is 14.4 Å². The minimum absolute atomic E-state index is 0.112. The quantitative estimate of drug-likeness (QED) is 0.759. The monoisotopic (exact) mass is 363 g/mol. The fourth-order valence-corrected chi connectivity index (χ4v) is 3.11. The molecule has 8 nitrogen and oxygen atoms in total. The van der Waals surface area contributed by atoms with E-state index in [9.17, 15) is 14.4 Å². The number of anilines is 2. The van der Waals surface area contributed by atoms with Crippen LogP contribution in [0.1, 0.15) is 12.8 Å². The molecule has 0 spiro atoms. The van der Waals surface area contributed by atoms with E-state index in [1.165, 1.54) is 0 Å². The van der Waals surface area contributed by atoms with Crippen molar-refractivity contribution < 1.29 is 9.59 Å². The second kappa shape index (κ2) is 6.99. The summed E-state index contributed by atoms with van der Waals surface area (Å²) in [6, 6.07) is 13.9. The van der Waals surface area contributed by atoms with Crippen LogP contribution in [0.2, 0.25) is 0 Å². The highest BCUT2D eigenvalue weighted by Gasteiger charge is 2.21. The van der Waals surface area contributed by atoms with Gasteiger partial charge in [0.25, 0.3) is 5.56 Å². The van der Waals surface area contributed by atoms with Crippen LogP contribution in [0.15, 0.2) is 53.3 Å². The first-order chi connectivity index (χ1) is 13.1. The number of amides is 2. The maximum Gasteiger partial charge on any atom is 0.278 e. The van der Waals surface area contributed by atoms with Gasteiger partial charge in [0.1, 0.15) is 12.1 Å². The molecule has 27 heavy (non-hydrogen) atoms. The molecule has 1 aliphatic heterocycles. The van der Waals surface area contributed by atoms with Crippen LogP contribution in [0.4, 0.5) is 11.4 Å². The van der Waals surface area contributed by atoms with Crippen LogP contribution in [0, 0.1) is 0 Å². The summed E-state index contributed by atoms with van der Waals surface area (Å²) in [5, 5.41) is 10.9. The highest BCUT2D eigenvalue weighted by atomic mass is 16.2. The van der Waals surface area contributed by atoms with Crippen LogP contribution < -0.4 is 15.8 Å². The molecule has 2 heterocycles. The van der Waals surface area contributed by atoms with Crippen molar-refractivity contribution in [3.8, 4) is 0 Å². The number of hydrogen-bond donors (Lipinski definition) is 1. The summed E-state index contributed by atoms with van der Waals surface area (Å²) in [7, 11) is 0. The summed E-state index contributed by atoms with van der Waals surface area (Å²) >= 11 is 0. The van der Waals surface area contributed by atoms with E-state index in [4.69, 9.17) is 0 Å². The lowest BCUT2D eigenvalue weighted by molar-refractivity contribution is -0.117. The van der Waals surface area contributed by atoms with Gasteiger partial charge in [-0.25, -0.2) is 4.68 Å². The molecule has 1 N–H and O–H groups in total. The number of benzene rings is 2. The molecule has 0 saturated carbocycles. The molecule has 2 aromatic carbocycles. The van der Waals surface area contributed by atoms with Crippen LogP contribution in [-0.2, 0) is 16.1 Å². The van der Waals surface area contributed by atoms with Gasteiger partial charge in [0.2, 0.25) is 11.8 Å². The summed E-state index contributed by atoms with van der Waals surface area (Å²) in [4.78, 5) is 38.2. The number of rotatable bonds is 4. The third kappa shape index (κ3) is 3.41. The van der Waals surface area contributed by atoms with Crippen LogP contribution in [0.3, 0.4) is 0 Å². The van der Waals surface area contributed by atoms with Crippen LogP contribution >= 0.6 is 0 Å². The maximum absolute atomic E-state index is 12.4. The zero-order valence-corrected chi connectivity index (χ0v) is 14.5. The summed E-state index contributed by atoms with van der Waals surface area (Å²) in [6.45, 7) is 0.483. The molecular formula is C19H17N5O3. The third-order valence-electron chi connectivity index (χ3n) is 4.46. The third-order valence-corrected chi connectivity index (χ3v) is 4.46. The molecule has 1 fully saturated rings. The predicted octanol–water partition coefficient (Wildman–Crippen LogP) is 1.56. The zero-order valence-electron chi connectivity index (χ0n) is 14.5. The molecule has 4 rings (SSSR count). The van der Waals surface area contributed by atoms with E-state index in [-0.39, 0.29) is 23.9 Å². The van der Waals surface area contributed by atoms with Crippen molar-refractivity contribution >= 4 is 34.1 Å². The van der Waals surface area contributed by atoms with Crippen LogP contribution in [0.25, 0.3) is 10.9 Å². The average Bonchev–Trinajstić information content (AvgIpc) is 3.11. The van der Waals surface area contributed by atoms with Crippen molar-refractivity contribution in [2.45, 2.75) is 19.4 Å². The highest BCUT2D eigenvalue weighted by molar-refractivity contribution is 5.96. The van der Waals surface area contributed by atoms with Crippen molar-refractivity contribution in [1.82, 2.24) is 15.0 Å². The molecule has 0 aliphatic carbocycles. The first-order valence-electron chi connectivity index (χ1n) is 8.65. The molecule has 1 aliphatic rings. The molecule has 0 unspecified atom stereocenters. The molecule has 1 aromatic heterocycles. The number of carbonyl (C=O) groups is 2. The number of aromatic nitrogens is 3. The number of fused-ring (bicyclic) bond motifs is 1. The van der Waals surface area contributed by atoms with Gasteiger partial charge in [0.05, 0.1) is 5.39 Å². The standard InChI is InChI=1S/C19H17N5O3/c25-17(12-24-19(27)15-4-1-2-5-16(15)21-22-24)20-13-7-9-14(10-8-13)23-11-3-6-18(23)26/h1-2,4-5,7-10H,3,6,11-12H2,(H,20,25). The second-order valence-corrected chi connectivity index (χ2v) is 6.31. The fraction of sp³-hybridized carbons (Fsp3) is 0.211. The normalized spacial score (nSPS) is 13.9. The Bertz CT molecular complexity index is 1070. The van der Waals surface area contributed by atoms with Crippen molar-refractivity contribution in [3.63, 3.8) is 0 Å². The van der Waals surface area contributed by atoms with Gasteiger partial charge < -0.3 is 10.2 Å². The van der Waals surface area contributed by atoms with Gasteiger partial charge in [-0.05, 0) is 42.8 Å². The highest BCUT2D eigenvalue weighted by Crippen LogP contribution is 2.23. The minimum Gasteiger partial charge on any atom is -0.324 e. The Morgan fingerprint density at radius 3 is 2.59 bits per heavy atom. The van der Waals surface area contributed by atoms with Crippen molar-refractivity contribution in [2.24, 2.45) is 0 Å². The molecule has 0 atom stereocenters. The number of carbonyl (C=O) groups excluding carboxylic acids is 2. The molecule has 0 bridgehead atoms. The minimum atomic E-state index is -0.383. The molecular weight excluding hydrogens is 346 g/mol. The SMILES string of the molecule is O=C(Cn1nnc2ccccc2c1=O)Nc1ccc(N2CCCC2=O)cc1.